The highest BCUT2D eigenvalue weighted by Crippen LogP contribution is 2.49. The van der Waals surface area contributed by atoms with E-state index in [1.54, 1.807) is 13.2 Å². The molecule has 140 valence electrons. The maximum absolute atomic E-state index is 13.1. The van der Waals surface area contributed by atoms with Crippen LogP contribution in [0.2, 0.25) is 0 Å². The van der Waals surface area contributed by atoms with E-state index in [2.05, 4.69) is 11.9 Å². The second-order valence-corrected chi connectivity index (χ2v) is 7.03. The molecule has 0 radical (unpaired) electrons. The minimum Gasteiger partial charge on any atom is -0.492 e. The zero-order valence-corrected chi connectivity index (χ0v) is 15.9. The van der Waals surface area contributed by atoms with Gasteiger partial charge in [-0.15, -0.1) is 0 Å². The van der Waals surface area contributed by atoms with Gasteiger partial charge in [0.1, 0.15) is 0 Å². The van der Waals surface area contributed by atoms with Gasteiger partial charge in [-0.3, -0.25) is 4.79 Å². The third-order valence-electron chi connectivity index (χ3n) is 5.11. The number of aryl methyl sites for hydroxylation is 1. The number of allylic oxidation sites excluding steroid dienone is 1. The van der Waals surface area contributed by atoms with Crippen LogP contribution in [0.5, 0.6) is 17.2 Å². The van der Waals surface area contributed by atoms with Crippen LogP contribution in [0.4, 0.5) is 0 Å². The third-order valence-corrected chi connectivity index (χ3v) is 5.11. The number of nitrogens with zero attached hydrogens (tertiary/aromatic N) is 1. The topological polar surface area (TPSA) is 48.0 Å². The second-order valence-electron chi connectivity index (χ2n) is 7.03. The minimum absolute atomic E-state index is 0.0687. The lowest BCUT2D eigenvalue weighted by molar-refractivity contribution is 0.104. The molecule has 0 aromatic heterocycles. The monoisotopic (exact) mass is 365 g/mol. The molecule has 2 aromatic rings. The number of hydrogen-bond donors (Lipinski definition) is 0. The van der Waals surface area contributed by atoms with Crippen molar-refractivity contribution in [1.29, 1.82) is 0 Å². The zero-order valence-electron chi connectivity index (χ0n) is 15.9. The zero-order chi connectivity index (χ0) is 19.0. The number of hydrogen-bond acceptors (Lipinski definition) is 5. The van der Waals surface area contributed by atoms with Gasteiger partial charge in [-0.25, -0.2) is 0 Å². The van der Waals surface area contributed by atoms with Crippen molar-refractivity contribution in [1.82, 2.24) is 4.90 Å². The summed E-state index contributed by atoms with van der Waals surface area (Å²) in [6.07, 6.45) is 4.24. The molecule has 0 atom stereocenters. The van der Waals surface area contributed by atoms with Gasteiger partial charge in [-0.05, 0) is 37.6 Å². The van der Waals surface area contributed by atoms with E-state index in [1.165, 1.54) is 5.56 Å². The van der Waals surface area contributed by atoms with Crippen molar-refractivity contribution < 1.29 is 19.0 Å². The molecule has 0 bridgehead atoms. The van der Waals surface area contributed by atoms with E-state index in [0.717, 1.165) is 36.2 Å². The Morgan fingerprint density at radius 3 is 2.63 bits per heavy atom. The Morgan fingerprint density at radius 1 is 1.15 bits per heavy atom. The number of carbonyl (C=O) groups excluding carboxylic acids is 1. The summed E-state index contributed by atoms with van der Waals surface area (Å²) in [4.78, 5) is 15.3. The maximum atomic E-state index is 13.1. The van der Waals surface area contributed by atoms with Crippen molar-refractivity contribution in [3.05, 3.63) is 58.2 Å². The first-order valence-corrected chi connectivity index (χ1v) is 9.07. The van der Waals surface area contributed by atoms with Crippen LogP contribution in [-0.2, 0) is 13.0 Å². The number of ether oxygens (including phenoxy) is 3. The molecule has 2 aliphatic rings. The number of benzene rings is 2. The van der Waals surface area contributed by atoms with E-state index in [-0.39, 0.29) is 12.6 Å². The lowest BCUT2D eigenvalue weighted by Crippen LogP contribution is -2.28. The summed E-state index contributed by atoms with van der Waals surface area (Å²) < 4.78 is 16.9. The Hall–Kier alpha value is -2.79. The number of likely N-dealkylation sites (N-methyl/N-ethyl adjacent to an activating group) is 1. The summed E-state index contributed by atoms with van der Waals surface area (Å²) in [6.45, 7) is 3.75. The predicted octanol–water partition coefficient (Wildman–Crippen LogP) is 3.62. The Bertz CT molecular complexity index is 915. The van der Waals surface area contributed by atoms with E-state index in [9.17, 15) is 4.79 Å². The summed E-state index contributed by atoms with van der Waals surface area (Å²) in [6, 6.07) is 8.07. The normalized spacial score (nSPS) is 15.8. The van der Waals surface area contributed by atoms with Crippen molar-refractivity contribution in [3.8, 4) is 17.2 Å². The molecule has 2 heterocycles. The lowest BCUT2D eigenvalue weighted by Gasteiger charge is -2.28. The average Bonchev–Trinajstić information content (AvgIpc) is 3.14. The van der Waals surface area contributed by atoms with Crippen molar-refractivity contribution in [2.24, 2.45) is 0 Å². The summed E-state index contributed by atoms with van der Waals surface area (Å²) >= 11 is 0. The minimum atomic E-state index is -0.0687. The lowest BCUT2D eigenvalue weighted by atomic mass is 9.90. The second kappa shape index (κ2) is 7.08. The molecule has 0 fully saturated rings. The molecule has 0 aliphatic carbocycles. The van der Waals surface area contributed by atoms with Crippen LogP contribution < -0.4 is 14.2 Å². The standard InChI is InChI=1S/C22H23NO4/c1-14-4-6-15(7-5-14)8-9-18(24)19-16-10-11-23(2)12-17(16)20(25-3)22-21(19)26-13-27-22/h4-9H,10-13H2,1-3H3. The maximum Gasteiger partial charge on any atom is 0.231 e. The quantitative estimate of drug-likeness (QED) is 0.612. The molecular weight excluding hydrogens is 342 g/mol. The molecule has 0 spiro atoms. The van der Waals surface area contributed by atoms with Crippen molar-refractivity contribution in [3.63, 3.8) is 0 Å². The number of fused-ring (bicyclic) bond motifs is 2. The van der Waals surface area contributed by atoms with E-state index >= 15 is 0 Å². The van der Waals surface area contributed by atoms with Crippen molar-refractivity contribution in [2.45, 2.75) is 19.9 Å². The Kier molecular flexibility index (Phi) is 4.62. The Balaban J connectivity index is 1.78. The molecule has 2 aromatic carbocycles. The van der Waals surface area contributed by atoms with Crippen LogP contribution in [0, 0.1) is 6.92 Å². The van der Waals surface area contributed by atoms with Crippen LogP contribution >= 0.6 is 0 Å². The van der Waals surface area contributed by atoms with Gasteiger partial charge in [-0.1, -0.05) is 35.9 Å². The molecule has 27 heavy (non-hydrogen) atoms. The highest BCUT2D eigenvalue weighted by molar-refractivity contribution is 6.11. The fourth-order valence-electron chi connectivity index (χ4n) is 3.70. The van der Waals surface area contributed by atoms with Gasteiger partial charge in [0.05, 0.1) is 12.7 Å². The highest BCUT2D eigenvalue weighted by atomic mass is 16.7. The first-order chi connectivity index (χ1) is 13.1. The molecule has 0 amide bonds. The largest absolute Gasteiger partial charge is 0.492 e. The van der Waals surface area contributed by atoms with Crippen molar-refractivity contribution in [2.75, 3.05) is 27.5 Å². The van der Waals surface area contributed by atoms with E-state index in [1.807, 2.05) is 37.3 Å². The van der Waals surface area contributed by atoms with Gasteiger partial charge in [0.25, 0.3) is 0 Å². The van der Waals surface area contributed by atoms with Gasteiger partial charge >= 0.3 is 0 Å². The molecular formula is C22H23NO4. The molecule has 2 aliphatic heterocycles. The smallest absolute Gasteiger partial charge is 0.231 e. The fraction of sp³-hybridized carbons (Fsp3) is 0.318. The molecule has 5 nitrogen and oxygen atoms in total. The highest BCUT2D eigenvalue weighted by Gasteiger charge is 2.34. The number of rotatable bonds is 4. The summed E-state index contributed by atoms with van der Waals surface area (Å²) in [5.41, 5.74) is 4.81. The van der Waals surface area contributed by atoms with E-state index in [0.29, 0.717) is 22.8 Å². The number of ketones is 1. The van der Waals surface area contributed by atoms with E-state index < -0.39 is 0 Å². The molecule has 0 N–H and O–H groups in total. The third kappa shape index (κ3) is 3.19. The number of carbonyl (C=O) groups is 1. The van der Waals surface area contributed by atoms with Gasteiger partial charge in [-0.2, -0.15) is 0 Å². The Labute approximate surface area is 159 Å². The van der Waals surface area contributed by atoms with Gasteiger partial charge in [0.2, 0.25) is 12.5 Å². The summed E-state index contributed by atoms with van der Waals surface area (Å²) in [7, 11) is 3.69. The van der Waals surface area contributed by atoms with Crippen LogP contribution in [0.1, 0.15) is 32.6 Å². The van der Waals surface area contributed by atoms with Crippen LogP contribution in [-0.4, -0.2) is 38.2 Å². The van der Waals surface area contributed by atoms with Crippen LogP contribution in [0.15, 0.2) is 30.3 Å². The first kappa shape index (κ1) is 17.6. The van der Waals surface area contributed by atoms with Gasteiger partial charge < -0.3 is 19.1 Å². The summed E-state index contributed by atoms with van der Waals surface area (Å²) in [5, 5.41) is 0. The molecule has 5 heteroatoms. The fourth-order valence-corrected chi connectivity index (χ4v) is 3.70. The average molecular weight is 365 g/mol. The Morgan fingerprint density at radius 2 is 1.89 bits per heavy atom. The van der Waals surface area contributed by atoms with Crippen LogP contribution in [0.3, 0.4) is 0 Å². The molecule has 0 saturated carbocycles. The molecule has 0 saturated heterocycles. The van der Waals surface area contributed by atoms with Crippen LogP contribution in [0.25, 0.3) is 6.08 Å². The van der Waals surface area contributed by atoms with Crippen molar-refractivity contribution >= 4 is 11.9 Å². The van der Waals surface area contributed by atoms with Gasteiger partial charge in [0, 0.05) is 18.7 Å². The molecule has 0 unspecified atom stereocenters. The van der Waals surface area contributed by atoms with Gasteiger partial charge in [0.15, 0.2) is 17.3 Å². The predicted molar refractivity (Wildman–Crippen MR) is 104 cm³/mol. The van der Waals surface area contributed by atoms with E-state index in [4.69, 9.17) is 14.2 Å². The molecule has 4 rings (SSSR count). The first-order valence-electron chi connectivity index (χ1n) is 9.07. The SMILES string of the molecule is COc1c2c(c(C(=O)C=Cc3ccc(C)cc3)c3c1OCO3)CCN(C)C2. The number of methoxy groups -OCH3 is 1. The summed E-state index contributed by atoms with van der Waals surface area (Å²) in [5.74, 6) is 1.66.